The van der Waals surface area contributed by atoms with E-state index in [2.05, 4.69) is 10.3 Å². The summed E-state index contributed by atoms with van der Waals surface area (Å²) >= 11 is 7.15. The first-order valence-electron chi connectivity index (χ1n) is 11.2. The number of hydrazone groups is 1. The fraction of sp³-hybridized carbons (Fsp3) is 0.154. The zero-order valence-electron chi connectivity index (χ0n) is 19.0. The van der Waals surface area contributed by atoms with Gasteiger partial charge >= 0.3 is 0 Å². The van der Waals surface area contributed by atoms with E-state index in [0.717, 1.165) is 35.0 Å². The van der Waals surface area contributed by atoms with Gasteiger partial charge in [0.2, 0.25) is 5.91 Å². The molecule has 2 atom stereocenters. The molecule has 0 saturated heterocycles. The minimum Gasteiger partial charge on any atom is -0.326 e. The number of nitrogens with zero attached hydrogens (tertiary/aromatic N) is 3. The fourth-order valence-electron chi connectivity index (χ4n) is 4.01. The summed E-state index contributed by atoms with van der Waals surface area (Å²) in [4.78, 5) is 29.3. The molecule has 0 saturated carbocycles. The van der Waals surface area contributed by atoms with Crippen molar-refractivity contribution >= 4 is 51.7 Å². The van der Waals surface area contributed by atoms with Crippen molar-refractivity contribution in [1.82, 2.24) is 5.01 Å². The first kappa shape index (κ1) is 25.0. The maximum absolute atomic E-state index is 13.5. The van der Waals surface area contributed by atoms with Crippen molar-refractivity contribution < 1.29 is 22.8 Å². The highest BCUT2D eigenvalue weighted by molar-refractivity contribution is 8.15. The van der Waals surface area contributed by atoms with Crippen LogP contribution in [0.1, 0.15) is 30.0 Å². The summed E-state index contributed by atoms with van der Waals surface area (Å²) in [6, 6.07) is 15.9. The molecule has 0 radical (unpaired) electrons. The highest BCUT2D eigenvalue weighted by Crippen LogP contribution is 2.39. The van der Waals surface area contributed by atoms with Gasteiger partial charge in [-0.25, -0.2) is 18.2 Å². The Hall–Kier alpha value is -3.63. The lowest BCUT2D eigenvalue weighted by Crippen LogP contribution is -2.25. The Morgan fingerprint density at radius 3 is 2.46 bits per heavy atom. The number of halogens is 4. The number of amidine groups is 1. The molecule has 0 unspecified atom stereocenters. The van der Waals surface area contributed by atoms with E-state index in [9.17, 15) is 22.8 Å². The van der Waals surface area contributed by atoms with Gasteiger partial charge in [-0.15, -0.1) is 0 Å². The van der Waals surface area contributed by atoms with Crippen LogP contribution in [0.2, 0.25) is 5.02 Å². The van der Waals surface area contributed by atoms with E-state index in [1.54, 1.807) is 29.3 Å². The van der Waals surface area contributed by atoms with Gasteiger partial charge in [0.1, 0.15) is 11.1 Å². The SMILES string of the molecule is O=C(C[C@@H]1SC(N2N=C(c3ccc(F)cc3)C[C@H]2c2ccc(Cl)cc2)=NC1=O)Nc1ccc(F)c(F)c1. The number of carbonyl (C=O) groups is 2. The van der Waals surface area contributed by atoms with Gasteiger partial charge in [-0.1, -0.05) is 47.6 Å². The molecule has 2 heterocycles. The monoisotopic (exact) mass is 542 g/mol. The standard InChI is InChI=1S/C26H18ClF3N4O2S/c27-16-5-1-15(2-6-16)22-12-21(14-3-7-17(28)8-4-14)33-34(22)26-32-25(36)23(37-26)13-24(35)31-18-9-10-19(29)20(30)11-18/h1-11,22-23H,12-13H2,(H,31,35)/t22-,23-/m0/s1. The molecule has 5 rings (SSSR count). The smallest absolute Gasteiger partial charge is 0.262 e. The van der Waals surface area contributed by atoms with E-state index in [-0.39, 0.29) is 24.0 Å². The van der Waals surface area contributed by atoms with Crippen LogP contribution in [0.25, 0.3) is 0 Å². The molecule has 3 aromatic rings. The van der Waals surface area contributed by atoms with Gasteiger partial charge in [-0.05, 0) is 47.5 Å². The normalized spacial score (nSPS) is 19.1. The van der Waals surface area contributed by atoms with Crippen LogP contribution in [0.3, 0.4) is 0 Å². The highest BCUT2D eigenvalue weighted by atomic mass is 35.5. The van der Waals surface area contributed by atoms with Crippen LogP contribution in [0.5, 0.6) is 0 Å². The number of rotatable bonds is 5. The number of amides is 2. The number of benzene rings is 3. The Balaban J connectivity index is 1.34. The number of carbonyl (C=O) groups excluding carboxylic acids is 2. The molecule has 0 aliphatic carbocycles. The second-order valence-corrected chi connectivity index (χ2v) is 10.00. The van der Waals surface area contributed by atoms with Gasteiger partial charge in [-0.2, -0.15) is 10.1 Å². The van der Waals surface area contributed by atoms with E-state index in [0.29, 0.717) is 22.3 Å². The van der Waals surface area contributed by atoms with Crippen molar-refractivity contribution in [3.8, 4) is 0 Å². The van der Waals surface area contributed by atoms with E-state index < -0.39 is 28.7 Å². The van der Waals surface area contributed by atoms with Crippen LogP contribution < -0.4 is 5.32 Å². The number of hydrogen-bond acceptors (Lipinski definition) is 5. The van der Waals surface area contributed by atoms with E-state index >= 15 is 0 Å². The molecule has 2 aliphatic heterocycles. The van der Waals surface area contributed by atoms with Gasteiger partial charge in [0.05, 0.1) is 11.8 Å². The molecule has 6 nitrogen and oxygen atoms in total. The lowest BCUT2D eigenvalue weighted by atomic mass is 9.99. The van der Waals surface area contributed by atoms with Crippen LogP contribution in [-0.4, -0.2) is 33.0 Å². The third-order valence-electron chi connectivity index (χ3n) is 5.84. The van der Waals surface area contributed by atoms with Crippen molar-refractivity contribution in [1.29, 1.82) is 0 Å². The molecule has 0 aromatic heterocycles. The molecule has 0 bridgehead atoms. The first-order valence-corrected chi connectivity index (χ1v) is 12.4. The molecule has 37 heavy (non-hydrogen) atoms. The summed E-state index contributed by atoms with van der Waals surface area (Å²) in [6.45, 7) is 0. The third kappa shape index (κ3) is 5.55. The average molecular weight is 543 g/mol. The molecule has 3 aromatic carbocycles. The Morgan fingerprint density at radius 2 is 1.76 bits per heavy atom. The number of nitrogens with one attached hydrogen (secondary N) is 1. The van der Waals surface area contributed by atoms with Crippen molar-refractivity contribution in [2.75, 3.05) is 5.32 Å². The maximum Gasteiger partial charge on any atom is 0.262 e. The topological polar surface area (TPSA) is 74.1 Å². The molecule has 188 valence electrons. The number of anilines is 1. The summed E-state index contributed by atoms with van der Waals surface area (Å²) in [5, 5.41) is 8.89. The second-order valence-electron chi connectivity index (χ2n) is 8.39. The van der Waals surface area contributed by atoms with E-state index in [4.69, 9.17) is 16.7 Å². The molecule has 0 spiro atoms. The summed E-state index contributed by atoms with van der Waals surface area (Å²) < 4.78 is 40.0. The molecule has 2 amide bonds. The Kier molecular flexibility index (Phi) is 7.03. The fourth-order valence-corrected chi connectivity index (χ4v) is 5.19. The van der Waals surface area contributed by atoms with Crippen molar-refractivity contribution in [3.05, 3.63) is 100 Å². The number of aliphatic imine (C=N–C) groups is 1. The molecular formula is C26H18ClF3N4O2S. The zero-order valence-corrected chi connectivity index (χ0v) is 20.6. The second kappa shape index (κ2) is 10.4. The predicted octanol–water partition coefficient (Wildman–Crippen LogP) is 5.94. The Bertz CT molecular complexity index is 1430. The van der Waals surface area contributed by atoms with Gasteiger partial charge < -0.3 is 5.32 Å². The molecular weight excluding hydrogens is 525 g/mol. The van der Waals surface area contributed by atoms with Crippen molar-refractivity contribution in [3.63, 3.8) is 0 Å². The first-order chi connectivity index (χ1) is 17.8. The molecule has 11 heteroatoms. The van der Waals surface area contributed by atoms with Crippen LogP contribution in [0, 0.1) is 17.5 Å². The lowest BCUT2D eigenvalue weighted by Gasteiger charge is -2.23. The van der Waals surface area contributed by atoms with E-state index in [1.165, 1.54) is 18.2 Å². The predicted molar refractivity (Wildman–Crippen MR) is 137 cm³/mol. The third-order valence-corrected chi connectivity index (χ3v) is 7.24. The highest BCUT2D eigenvalue weighted by Gasteiger charge is 2.39. The zero-order chi connectivity index (χ0) is 26.1. The van der Waals surface area contributed by atoms with Gasteiger partial charge in [-0.3, -0.25) is 9.59 Å². The van der Waals surface area contributed by atoms with Crippen LogP contribution in [-0.2, 0) is 9.59 Å². The van der Waals surface area contributed by atoms with Gasteiger partial charge in [0.15, 0.2) is 16.8 Å². The summed E-state index contributed by atoms with van der Waals surface area (Å²) in [6.07, 6.45) is 0.256. The number of thioether (sulfide) groups is 1. The van der Waals surface area contributed by atoms with Crippen molar-refractivity contribution in [2.45, 2.75) is 24.1 Å². The molecule has 1 N–H and O–H groups in total. The summed E-state index contributed by atoms with van der Waals surface area (Å²) in [5.74, 6) is -3.52. The maximum atomic E-state index is 13.5. The average Bonchev–Trinajstić information content (AvgIpc) is 3.46. The Labute approximate surface area is 219 Å². The molecule has 0 fully saturated rings. The lowest BCUT2D eigenvalue weighted by molar-refractivity contribution is -0.121. The molecule has 2 aliphatic rings. The summed E-state index contributed by atoms with van der Waals surface area (Å²) in [7, 11) is 0. The quantitative estimate of drug-likeness (QED) is 0.433. The van der Waals surface area contributed by atoms with E-state index in [1.807, 2.05) is 12.1 Å². The summed E-state index contributed by atoms with van der Waals surface area (Å²) in [5.41, 5.74) is 2.40. The number of hydrogen-bond donors (Lipinski definition) is 1. The minimum absolute atomic E-state index is 0.0800. The van der Waals surface area contributed by atoms with Crippen LogP contribution in [0.4, 0.5) is 18.9 Å². The van der Waals surface area contributed by atoms with Crippen molar-refractivity contribution in [2.24, 2.45) is 10.1 Å². The van der Waals surface area contributed by atoms with Crippen LogP contribution in [0.15, 0.2) is 76.8 Å². The van der Waals surface area contributed by atoms with Crippen LogP contribution >= 0.6 is 23.4 Å². The minimum atomic E-state index is -1.09. The van der Waals surface area contributed by atoms with Gasteiger partial charge in [0.25, 0.3) is 5.91 Å². The van der Waals surface area contributed by atoms with Gasteiger partial charge in [0, 0.05) is 29.6 Å². The Morgan fingerprint density at radius 1 is 1.03 bits per heavy atom. The largest absolute Gasteiger partial charge is 0.326 e.